The molecule has 168 valence electrons. The summed E-state index contributed by atoms with van der Waals surface area (Å²) in [5, 5.41) is 0.133. The lowest BCUT2D eigenvalue weighted by atomic mass is 9.98. The summed E-state index contributed by atoms with van der Waals surface area (Å²) in [5.74, 6) is -0.518. The van der Waals surface area contributed by atoms with Gasteiger partial charge in [0, 0.05) is 19.5 Å². The van der Waals surface area contributed by atoms with Crippen molar-refractivity contribution in [3.63, 3.8) is 0 Å². The average molecular weight is 490 g/mol. The van der Waals surface area contributed by atoms with E-state index in [4.69, 9.17) is 32.7 Å². The van der Waals surface area contributed by atoms with Gasteiger partial charge < -0.3 is 9.47 Å². The van der Waals surface area contributed by atoms with E-state index in [9.17, 15) is 17.6 Å². The standard InChI is InChI=1S/C21H22Cl2FNO5S/c22-18-3-1-4-19(23)20(18)31(27,28)25-11-9-15(10-12-25)21(26)30-14-2-13-29-17-7-5-16(24)6-8-17/h1,3-8,15H,2,9-14H2. The number of halogens is 3. The van der Waals surface area contributed by atoms with Crippen molar-refractivity contribution in [3.05, 3.63) is 58.3 Å². The third-order valence-electron chi connectivity index (χ3n) is 4.92. The van der Waals surface area contributed by atoms with E-state index >= 15 is 0 Å². The van der Waals surface area contributed by atoms with Gasteiger partial charge in [-0.15, -0.1) is 0 Å². The molecule has 1 aliphatic heterocycles. The van der Waals surface area contributed by atoms with Gasteiger partial charge in [0.15, 0.2) is 0 Å². The lowest BCUT2D eigenvalue weighted by Crippen LogP contribution is -2.40. The molecule has 6 nitrogen and oxygen atoms in total. The van der Waals surface area contributed by atoms with Crippen molar-refractivity contribution in [2.24, 2.45) is 5.92 Å². The molecular weight excluding hydrogens is 468 g/mol. The number of rotatable bonds is 8. The van der Waals surface area contributed by atoms with Crippen LogP contribution in [-0.4, -0.2) is 45.0 Å². The first-order valence-corrected chi connectivity index (χ1v) is 12.0. The van der Waals surface area contributed by atoms with Crippen LogP contribution in [0.3, 0.4) is 0 Å². The molecule has 2 aromatic rings. The summed E-state index contributed by atoms with van der Waals surface area (Å²) in [4.78, 5) is 12.2. The van der Waals surface area contributed by atoms with Crippen LogP contribution in [0.4, 0.5) is 4.39 Å². The van der Waals surface area contributed by atoms with Gasteiger partial charge in [0.05, 0.1) is 29.2 Å². The number of esters is 1. The molecule has 0 radical (unpaired) electrons. The largest absolute Gasteiger partial charge is 0.493 e. The Kier molecular flexibility index (Phi) is 8.16. The van der Waals surface area contributed by atoms with Crippen molar-refractivity contribution in [2.75, 3.05) is 26.3 Å². The summed E-state index contributed by atoms with van der Waals surface area (Å²) >= 11 is 12.1. The van der Waals surface area contributed by atoms with E-state index in [2.05, 4.69) is 0 Å². The lowest BCUT2D eigenvalue weighted by Gasteiger charge is -2.30. The topological polar surface area (TPSA) is 72.9 Å². The van der Waals surface area contributed by atoms with Crippen LogP contribution in [0.5, 0.6) is 5.75 Å². The fourth-order valence-electron chi connectivity index (χ4n) is 3.26. The second-order valence-corrected chi connectivity index (χ2v) is 9.74. The zero-order valence-electron chi connectivity index (χ0n) is 16.6. The number of piperidine rings is 1. The van der Waals surface area contributed by atoms with Crippen molar-refractivity contribution in [3.8, 4) is 5.75 Å². The molecule has 1 aliphatic rings. The Balaban J connectivity index is 1.43. The molecule has 3 rings (SSSR count). The highest BCUT2D eigenvalue weighted by atomic mass is 35.5. The molecular formula is C21H22Cl2FNO5S. The predicted molar refractivity (Wildman–Crippen MR) is 115 cm³/mol. The zero-order valence-corrected chi connectivity index (χ0v) is 18.9. The molecule has 1 fully saturated rings. The van der Waals surface area contributed by atoms with Crippen LogP contribution in [-0.2, 0) is 19.6 Å². The maximum atomic E-state index is 12.9. The van der Waals surface area contributed by atoms with Crippen molar-refractivity contribution >= 4 is 39.2 Å². The van der Waals surface area contributed by atoms with E-state index in [0.717, 1.165) is 0 Å². The SMILES string of the molecule is O=C(OCCCOc1ccc(F)cc1)C1CCN(S(=O)(=O)c2c(Cl)cccc2Cl)CC1. The Hall–Kier alpha value is -1.87. The molecule has 2 aromatic carbocycles. The van der Waals surface area contributed by atoms with Crippen LogP contribution < -0.4 is 4.74 Å². The zero-order chi connectivity index (χ0) is 22.4. The number of sulfonamides is 1. The third kappa shape index (κ3) is 6.10. The van der Waals surface area contributed by atoms with Gasteiger partial charge >= 0.3 is 5.97 Å². The number of nitrogens with zero attached hydrogens (tertiary/aromatic N) is 1. The first kappa shape index (κ1) is 23.8. The average Bonchev–Trinajstić information content (AvgIpc) is 2.74. The number of hydrogen-bond acceptors (Lipinski definition) is 5. The molecule has 0 unspecified atom stereocenters. The Morgan fingerprint density at radius 3 is 2.26 bits per heavy atom. The minimum absolute atomic E-state index is 0.0666. The maximum absolute atomic E-state index is 12.9. The third-order valence-corrected chi connectivity index (χ3v) is 7.77. The number of carbonyl (C=O) groups excluding carboxylic acids is 1. The summed E-state index contributed by atoms with van der Waals surface area (Å²) in [5.41, 5.74) is 0. The Morgan fingerprint density at radius 2 is 1.65 bits per heavy atom. The van der Waals surface area contributed by atoms with E-state index in [1.54, 1.807) is 6.07 Å². The van der Waals surface area contributed by atoms with Gasteiger partial charge in [-0.05, 0) is 49.2 Å². The van der Waals surface area contributed by atoms with Gasteiger partial charge in [-0.1, -0.05) is 29.3 Å². The molecule has 1 heterocycles. The molecule has 0 spiro atoms. The van der Waals surface area contributed by atoms with E-state index < -0.39 is 10.0 Å². The highest BCUT2D eigenvalue weighted by molar-refractivity contribution is 7.89. The van der Waals surface area contributed by atoms with Crippen molar-refractivity contribution in [2.45, 2.75) is 24.2 Å². The Bertz CT molecular complexity index is 989. The fraction of sp³-hybridized carbons (Fsp3) is 0.381. The molecule has 0 N–H and O–H groups in total. The van der Waals surface area contributed by atoms with E-state index in [-0.39, 0.29) is 52.3 Å². The number of carbonyl (C=O) groups is 1. The van der Waals surface area contributed by atoms with E-state index in [1.165, 1.54) is 40.7 Å². The fourth-order valence-corrected chi connectivity index (χ4v) is 5.82. The van der Waals surface area contributed by atoms with E-state index in [0.29, 0.717) is 31.6 Å². The smallest absolute Gasteiger partial charge is 0.309 e. The highest BCUT2D eigenvalue weighted by Gasteiger charge is 2.34. The Morgan fingerprint density at radius 1 is 1.03 bits per heavy atom. The van der Waals surface area contributed by atoms with Gasteiger partial charge in [0.1, 0.15) is 16.5 Å². The molecule has 10 heteroatoms. The van der Waals surface area contributed by atoms with Gasteiger partial charge in [-0.3, -0.25) is 4.79 Å². The van der Waals surface area contributed by atoms with Crippen LogP contribution in [0.1, 0.15) is 19.3 Å². The second kappa shape index (κ2) is 10.6. The summed E-state index contributed by atoms with van der Waals surface area (Å²) in [6.45, 7) is 0.872. The van der Waals surface area contributed by atoms with E-state index in [1.807, 2.05) is 0 Å². The van der Waals surface area contributed by atoms with Crippen molar-refractivity contribution in [1.82, 2.24) is 4.31 Å². The molecule has 0 aromatic heterocycles. The first-order chi connectivity index (χ1) is 14.8. The Labute approximate surface area is 190 Å². The monoisotopic (exact) mass is 489 g/mol. The van der Waals surface area contributed by atoms with Crippen molar-refractivity contribution < 1.29 is 27.1 Å². The molecule has 0 aliphatic carbocycles. The summed E-state index contributed by atoms with van der Waals surface area (Å²) < 4.78 is 50.7. The summed E-state index contributed by atoms with van der Waals surface area (Å²) in [7, 11) is -3.85. The quantitative estimate of drug-likeness (QED) is 0.401. The van der Waals surface area contributed by atoms with Crippen LogP contribution >= 0.6 is 23.2 Å². The number of hydrogen-bond donors (Lipinski definition) is 0. The lowest BCUT2D eigenvalue weighted by molar-refractivity contribution is -0.150. The highest BCUT2D eigenvalue weighted by Crippen LogP contribution is 2.33. The molecule has 0 saturated carbocycles. The number of benzene rings is 2. The van der Waals surface area contributed by atoms with Gasteiger partial charge in [0.25, 0.3) is 0 Å². The molecule has 1 saturated heterocycles. The number of ether oxygens (including phenoxy) is 2. The summed E-state index contributed by atoms with van der Waals surface area (Å²) in [6, 6.07) is 10.2. The molecule has 0 bridgehead atoms. The normalized spacial score (nSPS) is 15.6. The van der Waals surface area contributed by atoms with Crippen LogP contribution in [0, 0.1) is 11.7 Å². The van der Waals surface area contributed by atoms with Crippen LogP contribution in [0.15, 0.2) is 47.4 Å². The molecule has 0 amide bonds. The van der Waals surface area contributed by atoms with Crippen LogP contribution in [0.25, 0.3) is 0 Å². The van der Waals surface area contributed by atoms with Crippen LogP contribution in [0.2, 0.25) is 10.0 Å². The molecule has 0 atom stereocenters. The van der Waals surface area contributed by atoms with Gasteiger partial charge in [0.2, 0.25) is 10.0 Å². The maximum Gasteiger partial charge on any atom is 0.309 e. The minimum Gasteiger partial charge on any atom is -0.493 e. The minimum atomic E-state index is -3.85. The van der Waals surface area contributed by atoms with Gasteiger partial charge in [-0.25, -0.2) is 12.8 Å². The van der Waals surface area contributed by atoms with Gasteiger partial charge in [-0.2, -0.15) is 4.31 Å². The van der Waals surface area contributed by atoms with Crippen molar-refractivity contribution in [1.29, 1.82) is 0 Å². The second-order valence-electron chi connectivity index (χ2n) is 7.05. The molecule has 31 heavy (non-hydrogen) atoms. The first-order valence-electron chi connectivity index (χ1n) is 9.78. The summed E-state index contributed by atoms with van der Waals surface area (Å²) in [6.07, 6.45) is 1.19. The predicted octanol–water partition coefficient (Wildman–Crippen LogP) is 4.55.